The van der Waals surface area contributed by atoms with E-state index in [1.807, 2.05) is 0 Å². The number of rotatable bonds is 4. The summed E-state index contributed by atoms with van der Waals surface area (Å²) in [5, 5.41) is 9.28. The van der Waals surface area contributed by atoms with Crippen molar-refractivity contribution in [1.29, 1.82) is 0 Å². The van der Waals surface area contributed by atoms with Crippen molar-refractivity contribution in [2.75, 3.05) is 5.75 Å². The number of hydrogen-bond donors (Lipinski definition) is 1. The van der Waals surface area contributed by atoms with Crippen molar-refractivity contribution in [3.05, 3.63) is 30.3 Å². The first-order valence-corrected chi connectivity index (χ1v) is 6.17. The van der Waals surface area contributed by atoms with E-state index in [1.165, 1.54) is 12.1 Å². The third kappa shape index (κ3) is 2.82. The molecule has 3 nitrogen and oxygen atoms in total. The van der Waals surface area contributed by atoms with Crippen molar-refractivity contribution < 1.29 is 13.5 Å². The van der Waals surface area contributed by atoms with Gasteiger partial charge in [-0.1, -0.05) is 25.1 Å². The minimum atomic E-state index is -3.32. The van der Waals surface area contributed by atoms with Gasteiger partial charge in [-0.25, -0.2) is 8.42 Å². The second kappa shape index (κ2) is 4.57. The fourth-order valence-corrected chi connectivity index (χ4v) is 2.60. The molecule has 0 amide bonds. The summed E-state index contributed by atoms with van der Waals surface area (Å²) >= 11 is 0. The van der Waals surface area contributed by atoms with Crippen LogP contribution in [-0.4, -0.2) is 25.4 Å². The first-order valence-electron chi connectivity index (χ1n) is 4.52. The summed E-state index contributed by atoms with van der Waals surface area (Å²) in [5.74, 6) is -0.201. The highest BCUT2D eigenvalue weighted by molar-refractivity contribution is 7.91. The molecule has 1 atom stereocenters. The van der Waals surface area contributed by atoms with Gasteiger partial charge in [0.2, 0.25) is 0 Å². The third-order valence-electron chi connectivity index (χ3n) is 1.99. The van der Waals surface area contributed by atoms with Crippen LogP contribution in [0.4, 0.5) is 0 Å². The summed E-state index contributed by atoms with van der Waals surface area (Å²) in [7, 11) is -3.32. The van der Waals surface area contributed by atoms with Gasteiger partial charge in [-0.2, -0.15) is 0 Å². The molecule has 14 heavy (non-hydrogen) atoms. The Bertz CT molecular complexity index is 370. The second-order valence-electron chi connectivity index (χ2n) is 3.16. The number of benzene rings is 1. The Morgan fingerprint density at radius 3 is 2.36 bits per heavy atom. The molecular weight excluding hydrogens is 200 g/mol. The van der Waals surface area contributed by atoms with Crippen molar-refractivity contribution in [1.82, 2.24) is 0 Å². The summed E-state index contributed by atoms with van der Waals surface area (Å²) in [6, 6.07) is 8.18. The van der Waals surface area contributed by atoms with Crippen molar-refractivity contribution >= 4 is 9.84 Å². The van der Waals surface area contributed by atoms with Crippen molar-refractivity contribution in [2.45, 2.75) is 24.3 Å². The largest absolute Gasteiger partial charge is 0.392 e. The molecule has 78 valence electrons. The molecule has 0 fully saturated rings. The minimum Gasteiger partial charge on any atom is -0.392 e. The van der Waals surface area contributed by atoms with Gasteiger partial charge in [-0.05, 0) is 18.6 Å². The molecule has 0 spiro atoms. The highest BCUT2D eigenvalue weighted by atomic mass is 32.2. The molecule has 0 aromatic heterocycles. The maximum absolute atomic E-state index is 11.6. The van der Waals surface area contributed by atoms with Crippen molar-refractivity contribution in [3.8, 4) is 0 Å². The Labute approximate surface area is 84.3 Å². The lowest BCUT2D eigenvalue weighted by Gasteiger charge is -2.08. The standard InChI is InChI=1S/C10H14O3S/c1-2-9(11)8-14(12,13)10-6-4-3-5-7-10/h3-7,9,11H,2,8H2,1H3/t9-/m0/s1. The van der Waals surface area contributed by atoms with E-state index in [4.69, 9.17) is 0 Å². The van der Waals surface area contributed by atoms with Crippen LogP contribution < -0.4 is 0 Å². The van der Waals surface area contributed by atoms with E-state index in [-0.39, 0.29) is 10.6 Å². The van der Waals surface area contributed by atoms with Crippen LogP contribution in [0.15, 0.2) is 35.2 Å². The van der Waals surface area contributed by atoms with E-state index in [0.29, 0.717) is 6.42 Å². The van der Waals surface area contributed by atoms with Crippen LogP contribution in [0.5, 0.6) is 0 Å². The molecule has 0 aliphatic rings. The van der Waals surface area contributed by atoms with Crippen molar-refractivity contribution in [3.63, 3.8) is 0 Å². The van der Waals surface area contributed by atoms with Gasteiger partial charge in [0.25, 0.3) is 0 Å². The minimum absolute atomic E-state index is 0.201. The molecule has 0 radical (unpaired) electrons. The third-order valence-corrected chi connectivity index (χ3v) is 3.80. The Morgan fingerprint density at radius 1 is 1.29 bits per heavy atom. The normalized spacial score (nSPS) is 13.9. The first-order chi connectivity index (χ1) is 6.56. The molecule has 4 heteroatoms. The van der Waals surface area contributed by atoms with Gasteiger partial charge in [0, 0.05) is 0 Å². The van der Waals surface area contributed by atoms with E-state index >= 15 is 0 Å². The lowest BCUT2D eigenvalue weighted by atomic mass is 10.3. The van der Waals surface area contributed by atoms with E-state index < -0.39 is 15.9 Å². The van der Waals surface area contributed by atoms with Gasteiger partial charge in [0.15, 0.2) is 9.84 Å². The molecular formula is C10H14O3S. The predicted molar refractivity (Wildman–Crippen MR) is 54.8 cm³/mol. The van der Waals surface area contributed by atoms with Gasteiger partial charge in [-0.3, -0.25) is 0 Å². The number of aliphatic hydroxyl groups is 1. The molecule has 0 unspecified atom stereocenters. The van der Waals surface area contributed by atoms with Gasteiger partial charge >= 0.3 is 0 Å². The molecule has 0 saturated heterocycles. The average molecular weight is 214 g/mol. The molecule has 0 heterocycles. The SMILES string of the molecule is CC[C@H](O)CS(=O)(=O)c1ccccc1. The first kappa shape index (κ1) is 11.2. The Hall–Kier alpha value is -0.870. The fraction of sp³-hybridized carbons (Fsp3) is 0.400. The van der Waals surface area contributed by atoms with E-state index in [9.17, 15) is 13.5 Å². The molecule has 0 aliphatic carbocycles. The predicted octanol–water partition coefficient (Wildman–Crippen LogP) is 1.23. The summed E-state index contributed by atoms with van der Waals surface area (Å²) in [5.41, 5.74) is 0. The summed E-state index contributed by atoms with van der Waals surface area (Å²) in [4.78, 5) is 0.271. The number of hydrogen-bond acceptors (Lipinski definition) is 3. The maximum atomic E-state index is 11.6. The van der Waals surface area contributed by atoms with Gasteiger partial charge in [0.05, 0.1) is 16.8 Å². The molecule has 1 aromatic carbocycles. The van der Waals surface area contributed by atoms with Crippen LogP contribution in [0, 0.1) is 0 Å². The Balaban J connectivity index is 2.87. The second-order valence-corrected chi connectivity index (χ2v) is 5.19. The Morgan fingerprint density at radius 2 is 1.86 bits per heavy atom. The van der Waals surface area contributed by atoms with Gasteiger partial charge in [0.1, 0.15) is 0 Å². The zero-order valence-corrected chi connectivity index (χ0v) is 8.87. The van der Waals surface area contributed by atoms with Crippen molar-refractivity contribution in [2.24, 2.45) is 0 Å². The molecule has 0 bridgehead atoms. The summed E-state index contributed by atoms with van der Waals surface area (Å²) in [6.45, 7) is 1.76. The average Bonchev–Trinajstić information content (AvgIpc) is 2.18. The highest BCUT2D eigenvalue weighted by Crippen LogP contribution is 2.11. The zero-order valence-electron chi connectivity index (χ0n) is 8.05. The van der Waals surface area contributed by atoms with E-state index in [0.717, 1.165) is 0 Å². The molecule has 0 saturated carbocycles. The fourth-order valence-electron chi connectivity index (χ4n) is 1.10. The number of aliphatic hydroxyl groups excluding tert-OH is 1. The molecule has 1 aromatic rings. The topological polar surface area (TPSA) is 54.4 Å². The van der Waals surface area contributed by atoms with E-state index in [2.05, 4.69) is 0 Å². The van der Waals surface area contributed by atoms with Crippen LogP contribution in [0.1, 0.15) is 13.3 Å². The summed E-state index contributed by atoms with van der Waals surface area (Å²) < 4.78 is 23.3. The quantitative estimate of drug-likeness (QED) is 0.820. The zero-order chi connectivity index (χ0) is 10.6. The van der Waals surface area contributed by atoms with Crippen LogP contribution in [0.2, 0.25) is 0 Å². The molecule has 0 aliphatic heterocycles. The molecule has 1 N–H and O–H groups in total. The van der Waals surface area contributed by atoms with Crippen LogP contribution in [-0.2, 0) is 9.84 Å². The lowest BCUT2D eigenvalue weighted by Crippen LogP contribution is -2.19. The van der Waals surface area contributed by atoms with Crippen LogP contribution in [0.25, 0.3) is 0 Å². The van der Waals surface area contributed by atoms with E-state index in [1.54, 1.807) is 25.1 Å². The van der Waals surface area contributed by atoms with Gasteiger partial charge in [-0.15, -0.1) is 0 Å². The number of sulfone groups is 1. The van der Waals surface area contributed by atoms with Crippen LogP contribution >= 0.6 is 0 Å². The highest BCUT2D eigenvalue weighted by Gasteiger charge is 2.17. The van der Waals surface area contributed by atoms with Gasteiger partial charge < -0.3 is 5.11 Å². The summed E-state index contributed by atoms with van der Waals surface area (Å²) in [6.07, 6.45) is -0.327. The monoisotopic (exact) mass is 214 g/mol. The molecule has 1 rings (SSSR count). The lowest BCUT2D eigenvalue weighted by molar-refractivity contribution is 0.193. The Kier molecular flexibility index (Phi) is 3.66. The maximum Gasteiger partial charge on any atom is 0.180 e. The van der Waals surface area contributed by atoms with Crippen LogP contribution in [0.3, 0.4) is 0 Å². The smallest absolute Gasteiger partial charge is 0.180 e.